The Balaban J connectivity index is 1.59. The van der Waals surface area contributed by atoms with Gasteiger partial charge in [0.1, 0.15) is 5.75 Å². The molecular formula is C21H24N6O3. The maximum Gasteiger partial charge on any atom is 0.256 e. The normalized spacial score (nSPS) is 17.0. The first kappa shape index (κ1) is 19.8. The van der Waals surface area contributed by atoms with E-state index in [-0.39, 0.29) is 11.9 Å². The summed E-state index contributed by atoms with van der Waals surface area (Å²) in [5, 5.41) is 10.1. The highest BCUT2D eigenvalue weighted by Gasteiger charge is 2.29. The number of ether oxygens (including phenoxy) is 1. The Kier molecular flexibility index (Phi) is 5.62. The molecule has 9 nitrogen and oxygen atoms in total. The van der Waals surface area contributed by atoms with Crippen molar-refractivity contribution in [1.82, 2.24) is 24.9 Å². The van der Waals surface area contributed by atoms with Crippen molar-refractivity contribution in [1.29, 1.82) is 0 Å². The zero-order valence-electron chi connectivity index (χ0n) is 17.2. The highest BCUT2D eigenvalue weighted by molar-refractivity contribution is 5.98. The minimum absolute atomic E-state index is 0.0810. The van der Waals surface area contributed by atoms with Crippen molar-refractivity contribution in [2.75, 3.05) is 31.9 Å². The topological polar surface area (TPSA) is 85.6 Å². The Morgan fingerprint density at radius 1 is 1.13 bits per heavy atom. The van der Waals surface area contributed by atoms with Crippen molar-refractivity contribution >= 4 is 11.7 Å². The van der Waals surface area contributed by atoms with Crippen molar-refractivity contribution in [3.63, 3.8) is 0 Å². The standard InChI is InChI=1S/C21H24N6O3/c1-15-4-5-19(27-23-8-9-24-27)18(12-15)21(28)25-10-11-26(30-14-16(25)2)20-13-17(29-3)6-7-22-20/h4-9,12-13,16H,10-11,14H2,1-3H3/t16-/m1/s1. The lowest BCUT2D eigenvalue weighted by Gasteiger charge is -2.26. The number of methoxy groups -OCH3 is 1. The van der Waals surface area contributed by atoms with E-state index in [1.165, 1.54) is 4.80 Å². The summed E-state index contributed by atoms with van der Waals surface area (Å²) >= 11 is 0. The molecule has 1 aromatic carbocycles. The third kappa shape index (κ3) is 3.97. The number of benzene rings is 1. The summed E-state index contributed by atoms with van der Waals surface area (Å²) in [5.41, 5.74) is 2.21. The molecule has 1 fully saturated rings. The fourth-order valence-corrected chi connectivity index (χ4v) is 3.41. The summed E-state index contributed by atoms with van der Waals surface area (Å²) in [7, 11) is 1.61. The van der Waals surface area contributed by atoms with E-state index in [1.807, 2.05) is 43.0 Å². The molecule has 9 heteroatoms. The molecule has 3 heterocycles. The average molecular weight is 408 g/mol. The molecule has 1 atom stereocenters. The highest BCUT2D eigenvalue weighted by atomic mass is 16.7. The van der Waals surface area contributed by atoms with Crippen LogP contribution in [-0.2, 0) is 4.84 Å². The lowest BCUT2D eigenvalue weighted by atomic mass is 10.1. The summed E-state index contributed by atoms with van der Waals surface area (Å²) < 4.78 is 5.27. The Morgan fingerprint density at radius 2 is 1.93 bits per heavy atom. The van der Waals surface area contributed by atoms with Crippen LogP contribution in [-0.4, -0.2) is 63.6 Å². The van der Waals surface area contributed by atoms with Gasteiger partial charge in [0.2, 0.25) is 0 Å². The van der Waals surface area contributed by atoms with E-state index in [4.69, 9.17) is 9.57 Å². The molecule has 0 spiro atoms. The summed E-state index contributed by atoms with van der Waals surface area (Å²) in [6.07, 6.45) is 4.86. The smallest absolute Gasteiger partial charge is 0.256 e. The number of hydrogen-bond donors (Lipinski definition) is 0. The largest absolute Gasteiger partial charge is 0.497 e. The monoisotopic (exact) mass is 408 g/mol. The molecule has 1 saturated heterocycles. The van der Waals surface area contributed by atoms with Gasteiger partial charge in [0, 0.05) is 18.8 Å². The van der Waals surface area contributed by atoms with Crippen molar-refractivity contribution in [2.45, 2.75) is 19.9 Å². The van der Waals surface area contributed by atoms with E-state index in [1.54, 1.807) is 36.8 Å². The van der Waals surface area contributed by atoms with Crippen molar-refractivity contribution < 1.29 is 14.4 Å². The van der Waals surface area contributed by atoms with Gasteiger partial charge in [0.25, 0.3) is 5.91 Å². The average Bonchev–Trinajstić information content (AvgIpc) is 3.23. The van der Waals surface area contributed by atoms with Gasteiger partial charge in [-0.05, 0) is 32.0 Å². The molecule has 0 unspecified atom stereocenters. The molecule has 0 radical (unpaired) electrons. The molecule has 3 aromatic rings. The van der Waals surface area contributed by atoms with Crippen LogP contribution in [0.2, 0.25) is 0 Å². The van der Waals surface area contributed by atoms with Gasteiger partial charge in [0.05, 0.1) is 49.9 Å². The van der Waals surface area contributed by atoms with Gasteiger partial charge in [0.15, 0.2) is 5.82 Å². The molecule has 4 rings (SSSR count). The second kappa shape index (κ2) is 8.50. The summed E-state index contributed by atoms with van der Waals surface area (Å²) in [4.78, 5) is 27.1. The fraction of sp³-hybridized carbons (Fsp3) is 0.333. The van der Waals surface area contributed by atoms with Gasteiger partial charge in [-0.1, -0.05) is 11.6 Å². The molecule has 1 aliphatic rings. The maximum atomic E-state index is 13.5. The predicted octanol–water partition coefficient (Wildman–Crippen LogP) is 2.26. The Labute approximate surface area is 174 Å². The number of pyridine rings is 1. The number of aryl methyl sites for hydroxylation is 1. The summed E-state index contributed by atoms with van der Waals surface area (Å²) in [6, 6.07) is 9.16. The zero-order chi connectivity index (χ0) is 21.1. The van der Waals surface area contributed by atoms with Crippen LogP contribution in [0, 0.1) is 6.92 Å². The molecule has 0 aliphatic carbocycles. The minimum Gasteiger partial charge on any atom is -0.497 e. The number of nitrogens with zero attached hydrogens (tertiary/aromatic N) is 6. The van der Waals surface area contributed by atoms with Crippen molar-refractivity contribution in [3.05, 3.63) is 60.0 Å². The quantitative estimate of drug-likeness (QED) is 0.655. The molecule has 30 heavy (non-hydrogen) atoms. The number of amides is 1. The van der Waals surface area contributed by atoms with E-state index in [2.05, 4.69) is 15.2 Å². The molecule has 156 valence electrons. The predicted molar refractivity (Wildman–Crippen MR) is 111 cm³/mol. The lowest BCUT2D eigenvalue weighted by Crippen LogP contribution is -2.41. The van der Waals surface area contributed by atoms with Gasteiger partial charge in [-0.2, -0.15) is 15.0 Å². The third-order valence-corrected chi connectivity index (χ3v) is 5.03. The fourth-order valence-electron chi connectivity index (χ4n) is 3.41. The van der Waals surface area contributed by atoms with Gasteiger partial charge in [-0.15, -0.1) is 0 Å². The summed E-state index contributed by atoms with van der Waals surface area (Å²) in [5.74, 6) is 1.26. The number of hydroxylamine groups is 1. The van der Waals surface area contributed by atoms with Crippen LogP contribution in [0.1, 0.15) is 22.8 Å². The van der Waals surface area contributed by atoms with Gasteiger partial charge >= 0.3 is 0 Å². The van der Waals surface area contributed by atoms with Crippen LogP contribution in [0.5, 0.6) is 5.75 Å². The number of anilines is 1. The number of aromatic nitrogens is 4. The Morgan fingerprint density at radius 3 is 2.70 bits per heavy atom. The molecular weight excluding hydrogens is 384 g/mol. The van der Waals surface area contributed by atoms with E-state index >= 15 is 0 Å². The SMILES string of the molecule is COc1ccnc(N2CCN(C(=O)c3cc(C)ccc3-n3nccn3)[C@H](C)CO2)c1. The first-order valence-corrected chi connectivity index (χ1v) is 9.75. The van der Waals surface area contributed by atoms with Gasteiger partial charge in [-0.3, -0.25) is 9.63 Å². The van der Waals surface area contributed by atoms with Gasteiger partial charge in [-0.25, -0.2) is 10.0 Å². The molecule has 0 N–H and O–H groups in total. The molecule has 1 amide bonds. The maximum absolute atomic E-state index is 13.5. The lowest BCUT2D eigenvalue weighted by molar-refractivity contribution is 0.0599. The number of carbonyl (C=O) groups excluding carboxylic acids is 1. The number of carbonyl (C=O) groups is 1. The minimum atomic E-state index is -0.118. The second-order valence-electron chi connectivity index (χ2n) is 7.14. The van der Waals surface area contributed by atoms with Crippen LogP contribution in [0.25, 0.3) is 5.69 Å². The molecule has 2 aromatic heterocycles. The van der Waals surface area contributed by atoms with Crippen molar-refractivity contribution in [3.8, 4) is 11.4 Å². The number of rotatable bonds is 4. The molecule has 0 bridgehead atoms. The van der Waals surface area contributed by atoms with Crippen LogP contribution in [0.15, 0.2) is 48.9 Å². The van der Waals surface area contributed by atoms with Crippen LogP contribution in [0.4, 0.5) is 5.82 Å². The van der Waals surface area contributed by atoms with Crippen LogP contribution in [0.3, 0.4) is 0 Å². The second-order valence-corrected chi connectivity index (χ2v) is 7.14. The van der Waals surface area contributed by atoms with Crippen molar-refractivity contribution in [2.24, 2.45) is 0 Å². The zero-order valence-corrected chi connectivity index (χ0v) is 17.2. The Bertz CT molecular complexity index is 1020. The van der Waals surface area contributed by atoms with E-state index in [0.29, 0.717) is 42.5 Å². The molecule has 0 saturated carbocycles. The van der Waals surface area contributed by atoms with Crippen LogP contribution < -0.4 is 9.80 Å². The van der Waals surface area contributed by atoms with E-state index in [9.17, 15) is 4.79 Å². The molecule has 1 aliphatic heterocycles. The van der Waals surface area contributed by atoms with E-state index in [0.717, 1.165) is 5.56 Å². The van der Waals surface area contributed by atoms with Gasteiger partial charge < -0.3 is 9.64 Å². The third-order valence-electron chi connectivity index (χ3n) is 5.03. The number of hydrogen-bond acceptors (Lipinski definition) is 7. The summed E-state index contributed by atoms with van der Waals surface area (Å²) in [6.45, 7) is 5.26. The van der Waals surface area contributed by atoms with E-state index < -0.39 is 0 Å². The van der Waals surface area contributed by atoms with Crippen LogP contribution >= 0.6 is 0 Å². The first-order valence-electron chi connectivity index (χ1n) is 9.75. The first-order chi connectivity index (χ1) is 14.6. The highest BCUT2D eigenvalue weighted by Crippen LogP contribution is 2.23. The Hall–Kier alpha value is -3.46.